The van der Waals surface area contributed by atoms with E-state index in [1.54, 1.807) is 12.1 Å². The van der Waals surface area contributed by atoms with Crippen LogP contribution in [0.1, 0.15) is 23.6 Å². The fourth-order valence-electron chi connectivity index (χ4n) is 1.97. The summed E-state index contributed by atoms with van der Waals surface area (Å²) >= 11 is 0. The van der Waals surface area contributed by atoms with Crippen LogP contribution in [0.15, 0.2) is 47.6 Å². The van der Waals surface area contributed by atoms with Gasteiger partial charge in [-0.05, 0) is 24.1 Å². The van der Waals surface area contributed by atoms with Gasteiger partial charge < -0.3 is 15.7 Å². The monoisotopic (exact) mass is 288 g/mol. The van der Waals surface area contributed by atoms with Crippen molar-refractivity contribution in [3.05, 3.63) is 65.0 Å². The minimum absolute atomic E-state index is 0.124. The Morgan fingerprint density at radius 2 is 2.00 bits per heavy atom. The standard InChI is InChI=1S/C16H17FN2O2/c1-2-11-5-3-4-6-15(11)21-10-13-8-7-12(9-14(13)17)16(18)19-20/h3-9,20H,2,10H2,1H3,(H2,18,19). The Bertz CT molecular complexity index is 656. The van der Waals surface area contributed by atoms with Crippen molar-refractivity contribution in [3.8, 4) is 5.75 Å². The Morgan fingerprint density at radius 1 is 1.24 bits per heavy atom. The molecule has 2 aromatic carbocycles. The molecule has 0 bridgehead atoms. The second-order valence-corrected chi connectivity index (χ2v) is 4.54. The van der Waals surface area contributed by atoms with E-state index in [1.807, 2.05) is 31.2 Å². The molecule has 5 heteroatoms. The molecule has 0 saturated carbocycles. The van der Waals surface area contributed by atoms with E-state index in [-0.39, 0.29) is 12.4 Å². The van der Waals surface area contributed by atoms with Gasteiger partial charge in [0.2, 0.25) is 0 Å². The van der Waals surface area contributed by atoms with Crippen molar-refractivity contribution in [2.45, 2.75) is 20.0 Å². The molecule has 0 heterocycles. The van der Waals surface area contributed by atoms with Gasteiger partial charge in [0.25, 0.3) is 0 Å². The molecule has 3 N–H and O–H groups in total. The van der Waals surface area contributed by atoms with E-state index >= 15 is 0 Å². The van der Waals surface area contributed by atoms with Crippen LogP contribution in [0, 0.1) is 5.82 Å². The maximum absolute atomic E-state index is 14.0. The normalized spacial score (nSPS) is 11.4. The average Bonchev–Trinajstić information content (AvgIpc) is 2.53. The molecule has 0 atom stereocenters. The summed E-state index contributed by atoms with van der Waals surface area (Å²) in [6.45, 7) is 2.16. The molecule has 0 aliphatic rings. The lowest BCUT2D eigenvalue weighted by atomic mass is 10.1. The SMILES string of the molecule is CCc1ccccc1OCc1ccc(/C(N)=N/O)cc1F. The predicted octanol–water partition coefficient (Wildman–Crippen LogP) is 3.06. The van der Waals surface area contributed by atoms with Crippen LogP contribution < -0.4 is 10.5 Å². The van der Waals surface area contributed by atoms with Gasteiger partial charge in [-0.3, -0.25) is 0 Å². The highest BCUT2D eigenvalue weighted by Crippen LogP contribution is 2.20. The molecule has 0 fully saturated rings. The highest BCUT2D eigenvalue weighted by molar-refractivity contribution is 5.97. The third kappa shape index (κ3) is 3.51. The van der Waals surface area contributed by atoms with E-state index < -0.39 is 5.82 Å². The molecule has 0 radical (unpaired) electrons. The molecule has 110 valence electrons. The van der Waals surface area contributed by atoms with Gasteiger partial charge in [0, 0.05) is 11.1 Å². The van der Waals surface area contributed by atoms with Crippen LogP contribution in [0.2, 0.25) is 0 Å². The summed E-state index contributed by atoms with van der Waals surface area (Å²) in [5.41, 5.74) is 7.23. The smallest absolute Gasteiger partial charge is 0.170 e. The maximum atomic E-state index is 14.0. The summed E-state index contributed by atoms with van der Waals surface area (Å²) in [7, 11) is 0. The Kier molecular flexibility index (Phi) is 4.77. The Hall–Kier alpha value is -2.56. The number of amidine groups is 1. The summed E-state index contributed by atoms with van der Waals surface area (Å²) in [6.07, 6.45) is 0.848. The Morgan fingerprint density at radius 3 is 2.67 bits per heavy atom. The van der Waals surface area contributed by atoms with E-state index in [4.69, 9.17) is 15.7 Å². The maximum Gasteiger partial charge on any atom is 0.170 e. The predicted molar refractivity (Wildman–Crippen MR) is 79.1 cm³/mol. The average molecular weight is 288 g/mol. The van der Waals surface area contributed by atoms with Crippen LogP contribution in [-0.2, 0) is 13.0 Å². The van der Waals surface area contributed by atoms with Crippen LogP contribution >= 0.6 is 0 Å². The molecule has 4 nitrogen and oxygen atoms in total. The van der Waals surface area contributed by atoms with Gasteiger partial charge in [-0.2, -0.15) is 0 Å². The Labute approximate surface area is 122 Å². The van der Waals surface area contributed by atoms with Gasteiger partial charge in [-0.25, -0.2) is 4.39 Å². The second-order valence-electron chi connectivity index (χ2n) is 4.54. The molecule has 0 unspecified atom stereocenters. The first-order valence-corrected chi connectivity index (χ1v) is 6.62. The number of para-hydroxylation sites is 1. The van der Waals surface area contributed by atoms with Crippen molar-refractivity contribution < 1.29 is 14.3 Å². The van der Waals surface area contributed by atoms with Crippen LogP contribution in [-0.4, -0.2) is 11.0 Å². The van der Waals surface area contributed by atoms with E-state index in [0.29, 0.717) is 11.1 Å². The Balaban J connectivity index is 2.14. The highest BCUT2D eigenvalue weighted by Gasteiger charge is 2.08. The summed E-state index contributed by atoms with van der Waals surface area (Å²) < 4.78 is 19.6. The zero-order valence-corrected chi connectivity index (χ0v) is 11.7. The first-order valence-electron chi connectivity index (χ1n) is 6.62. The van der Waals surface area contributed by atoms with Crippen LogP contribution in [0.5, 0.6) is 5.75 Å². The molecule has 0 amide bonds. The minimum Gasteiger partial charge on any atom is -0.489 e. The quantitative estimate of drug-likeness (QED) is 0.384. The van der Waals surface area contributed by atoms with E-state index in [9.17, 15) is 4.39 Å². The van der Waals surface area contributed by atoms with Gasteiger partial charge in [-0.1, -0.05) is 42.4 Å². The molecule has 0 aliphatic heterocycles. The van der Waals surface area contributed by atoms with Gasteiger partial charge in [0.1, 0.15) is 18.2 Å². The minimum atomic E-state index is -0.451. The van der Waals surface area contributed by atoms with Crippen molar-refractivity contribution in [3.63, 3.8) is 0 Å². The number of benzene rings is 2. The number of halogens is 1. The third-order valence-electron chi connectivity index (χ3n) is 3.19. The fourth-order valence-corrected chi connectivity index (χ4v) is 1.97. The number of nitrogens with zero attached hydrogens (tertiary/aromatic N) is 1. The number of hydrogen-bond donors (Lipinski definition) is 2. The number of nitrogens with two attached hydrogens (primary N) is 1. The van der Waals surface area contributed by atoms with E-state index in [1.165, 1.54) is 6.07 Å². The van der Waals surface area contributed by atoms with Gasteiger partial charge in [0.15, 0.2) is 5.84 Å². The van der Waals surface area contributed by atoms with E-state index in [2.05, 4.69) is 5.16 Å². The van der Waals surface area contributed by atoms with E-state index in [0.717, 1.165) is 17.7 Å². The second kappa shape index (κ2) is 6.74. The zero-order chi connectivity index (χ0) is 15.2. The van der Waals surface area contributed by atoms with Crippen molar-refractivity contribution in [2.75, 3.05) is 0 Å². The molecule has 0 spiro atoms. The van der Waals surface area contributed by atoms with Crippen LogP contribution in [0.25, 0.3) is 0 Å². The van der Waals surface area contributed by atoms with Gasteiger partial charge >= 0.3 is 0 Å². The number of hydrogen-bond acceptors (Lipinski definition) is 3. The van der Waals surface area contributed by atoms with Crippen molar-refractivity contribution in [1.29, 1.82) is 0 Å². The van der Waals surface area contributed by atoms with Crippen molar-refractivity contribution in [2.24, 2.45) is 10.9 Å². The number of ether oxygens (including phenoxy) is 1. The molecule has 0 saturated heterocycles. The summed E-state index contributed by atoms with van der Waals surface area (Å²) in [4.78, 5) is 0. The van der Waals surface area contributed by atoms with Crippen molar-refractivity contribution in [1.82, 2.24) is 0 Å². The highest BCUT2D eigenvalue weighted by atomic mass is 19.1. The molecular weight excluding hydrogens is 271 g/mol. The van der Waals surface area contributed by atoms with Crippen LogP contribution in [0.4, 0.5) is 4.39 Å². The zero-order valence-electron chi connectivity index (χ0n) is 11.7. The lowest BCUT2D eigenvalue weighted by Gasteiger charge is -2.11. The van der Waals surface area contributed by atoms with Crippen molar-refractivity contribution >= 4 is 5.84 Å². The number of aryl methyl sites for hydroxylation is 1. The topological polar surface area (TPSA) is 67.8 Å². The largest absolute Gasteiger partial charge is 0.489 e. The lowest BCUT2D eigenvalue weighted by Crippen LogP contribution is -2.13. The summed E-state index contributed by atoms with van der Waals surface area (Å²) in [5.74, 6) is 0.172. The van der Waals surface area contributed by atoms with Gasteiger partial charge in [-0.15, -0.1) is 0 Å². The molecular formula is C16H17FN2O2. The number of oxime groups is 1. The number of rotatable bonds is 5. The summed E-state index contributed by atoms with van der Waals surface area (Å²) in [6, 6.07) is 12.0. The molecule has 0 aliphatic carbocycles. The fraction of sp³-hybridized carbons (Fsp3) is 0.188. The van der Waals surface area contributed by atoms with Gasteiger partial charge in [0.05, 0.1) is 0 Å². The summed E-state index contributed by atoms with van der Waals surface area (Å²) in [5, 5.41) is 11.4. The molecule has 2 rings (SSSR count). The first kappa shape index (κ1) is 14.8. The lowest BCUT2D eigenvalue weighted by molar-refractivity contribution is 0.297. The van der Waals surface area contributed by atoms with Crippen LogP contribution in [0.3, 0.4) is 0 Å². The first-order chi connectivity index (χ1) is 10.2. The third-order valence-corrected chi connectivity index (χ3v) is 3.19. The molecule has 2 aromatic rings. The molecule has 0 aromatic heterocycles. The molecule has 21 heavy (non-hydrogen) atoms.